The molecular formula is C18H16ClN3O4. The number of nitrogens with one attached hydrogen (secondary N) is 1. The van der Waals surface area contributed by atoms with Gasteiger partial charge < -0.3 is 19.6 Å². The van der Waals surface area contributed by atoms with E-state index in [1.54, 1.807) is 37.4 Å². The average Bonchev–Trinajstić information content (AvgIpc) is 2.99. The molecule has 0 aliphatic carbocycles. The number of halogens is 1. The quantitative estimate of drug-likeness (QED) is 0.642. The van der Waals surface area contributed by atoms with Crippen molar-refractivity contribution in [3.63, 3.8) is 0 Å². The van der Waals surface area contributed by atoms with Crippen LogP contribution in [-0.4, -0.2) is 29.7 Å². The van der Waals surface area contributed by atoms with Crippen LogP contribution in [0.15, 0.2) is 46.6 Å². The van der Waals surface area contributed by atoms with Crippen molar-refractivity contribution in [2.24, 2.45) is 10.2 Å². The Bertz CT molecular complexity index is 980. The number of amides is 1. The summed E-state index contributed by atoms with van der Waals surface area (Å²) in [4.78, 5) is 14.7. The minimum absolute atomic E-state index is 0.117. The van der Waals surface area contributed by atoms with Crippen molar-refractivity contribution in [1.82, 2.24) is 4.98 Å². The van der Waals surface area contributed by atoms with E-state index in [-0.39, 0.29) is 18.2 Å². The number of ether oxygens (including phenoxy) is 2. The molecule has 2 aromatic carbocycles. The van der Waals surface area contributed by atoms with Crippen LogP contribution in [0, 0.1) is 6.92 Å². The minimum atomic E-state index is -0.599. The summed E-state index contributed by atoms with van der Waals surface area (Å²) in [6.07, 6.45) is 0. The zero-order valence-corrected chi connectivity index (χ0v) is 14.9. The number of nitrogens with zero attached hydrogens (tertiary/aromatic N) is 2. The van der Waals surface area contributed by atoms with E-state index >= 15 is 0 Å². The molecule has 0 saturated heterocycles. The van der Waals surface area contributed by atoms with Gasteiger partial charge in [0.15, 0.2) is 12.3 Å². The summed E-state index contributed by atoms with van der Waals surface area (Å²) in [5.74, 6) is 0.385. The maximum Gasteiger partial charge on any atom is 0.302 e. The zero-order valence-electron chi connectivity index (χ0n) is 14.1. The number of carbonyl (C=O) groups excluding carboxylic acids is 1. The van der Waals surface area contributed by atoms with Crippen LogP contribution in [0.5, 0.6) is 17.4 Å². The molecule has 1 aromatic heterocycles. The van der Waals surface area contributed by atoms with Crippen molar-refractivity contribution in [3.05, 3.63) is 47.0 Å². The highest BCUT2D eigenvalue weighted by Crippen LogP contribution is 2.40. The Morgan fingerprint density at radius 2 is 1.88 bits per heavy atom. The molecular weight excluding hydrogens is 358 g/mol. The Morgan fingerprint density at radius 3 is 2.58 bits per heavy atom. The first-order chi connectivity index (χ1) is 12.5. The third kappa shape index (κ3) is 3.62. The number of aromatic hydroxyl groups is 1. The van der Waals surface area contributed by atoms with Gasteiger partial charge in [-0.05, 0) is 42.8 Å². The molecule has 0 aliphatic heterocycles. The van der Waals surface area contributed by atoms with Gasteiger partial charge in [-0.25, -0.2) is 0 Å². The maximum absolute atomic E-state index is 11.9. The van der Waals surface area contributed by atoms with Gasteiger partial charge in [0.1, 0.15) is 11.5 Å². The van der Waals surface area contributed by atoms with Crippen molar-refractivity contribution in [3.8, 4) is 17.4 Å². The van der Waals surface area contributed by atoms with Gasteiger partial charge in [-0.1, -0.05) is 17.7 Å². The van der Waals surface area contributed by atoms with Crippen molar-refractivity contribution in [2.45, 2.75) is 6.92 Å². The first-order valence-corrected chi connectivity index (χ1v) is 8.08. The van der Waals surface area contributed by atoms with Gasteiger partial charge in [-0.15, -0.1) is 10.2 Å². The predicted molar refractivity (Wildman–Crippen MR) is 97.7 cm³/mol. The molecule has 2 N–H and O–H groups in total. The number of aromatic nitrogens is 1. The second-order valence-electron chi connectivity index (χ2n) is 5.49. The number of aryl methyl sites for hydroxylation is 1. The summed E-state index contributed by atoms with van der Waals surface area (Å²) >= 11 is 6.18. The number of benzene rings is 2. The minimum Gasteiger partial charge on any atom is -0.497 e. The molecule has 1 heterocycles. The van der Waals surface area contributed by atoms with Crippen LogP contribution in [0.1, 0.15) is 5.56 Å². The van der Waals surface area contributed by atoms with Gasteiger partial charge in [0.25, 0.3) is 0 Å². The van der Waals surface area contributed by atoms with E-state index in [9.17, 15) is 9.90 Å². The molecule has 8 heteroatoms. The topological polar surface area (TPSA) is 96.3 Å². The number of fused-ring (bicyclic) bond motifs is 1. The van der Waals surface area contributed by atoms with Gasteiger partial charge in [-0.2, -0.15) is 0 Å². The monoisotopic (exact) mass is 373 g/mol. The number of H-pyrrole nitrogens is 1. The Balaban J connectivity index is 1.73. The highest BCUT2D eigenvalue weighted by atomic mass is 35.5. The third-order valence-corrected chi connectivity index (χ3v) is 4.07. The molecule has 3 aromatic rings. The van der Waals surface area contributed by atoms with Gasteiger partial charge in [0, 0.05) is 0 Å². The summed E-state index contributed by atoms with van der Waals surface area (Å²) in [6.45, 7) is 1.58. The van der Waals surface area contributed by atoms with Crippen molar-refractivity contribution < 1.29 is 19.4 Å². The Morgan fingerprint density at radius 1 is 1.19 bits per heavy atom. The summed E-state index contributed by atoms with van der Waals surface area (Å²) in [5.41, 5.74) is 1.65. The van der Waals surface area contributed by atoms with E-state index < -0.39 is 5.91 Å². The number of aromatic amines is 1. The first-order valence-electron chi connectivity index (χ1n) is 7.70. The molecule has 0 atom stereocenters. The molecule has 0 unspecified atom stereocenters. The van der Waals surface area contributed by atoms with Crippen molar-refractivity contribution in [2.75, 3.05) is 13.7 Å². The summed E-state index contributed by atoms with van der Waals surface area (Å²) in [7, 11) is 1.56. The summed E-state index contributed by atoms with van der Waals surface area (Å²) < 4.78 is 10.4. The number of hydrogen-bond donors (Lipinski definition) is 2. The van der Waals surface area contributed by atoms with E-state index in [0.29, 0.717) is 27.4 Å². The van der Waals surface area contributed by atoms with Crippen LogP contribution in [0.2, 0.25) is 5.02 Å². The lowest BCUT2D eigenvalue weighted by Crippen LogP contribution is -2.07. The molecule has 0 aliphatic rings. The molecule has 26 heavy (non-hydrogen) atoms. The third-order valence-electron chi connectivity index (χ3n) is 3.75. The number of carbonyl (C=O) groups is 1. The molecule has 7 nitrogen and oxygen atoms in total. The largest absolute Gasteiger partial charge is 0.497 e. The van der Waals surface area contributed by atoms with Crippen LogP contribution < -0.4 is 9.47 Å². The van der Waals surface area contributed by atoms with Crippen LogP contribution in [-0.2, 0) is 4.79 Å². The smallest absolute Gasteiger partial charge is 0.302 e. The first kappa shape index (κ1) is 17.8. The molecule has 0 radical (unpaired) electrons. The van der Waals surface area contributed by atoms with Crippen LogP contribution >= 0.6 is 11.6 Å². The van der Waals surface area contributed by atoms with Crippen LogP contribution in [0.25, 0.3) is 10.9 Å². The van der Waals surface area contributed by atoms with Crippen molar-refractivity contribution in [1.29, 1.82) is 0 Å². The van der Waals surface area contributed by atoms with Gasteiger partial charge >= 0.3 is 5.91 Å². The lowest BCUT2D eigenvalue weighted by molar-refractivity contribution is -0.120. The molecule has 1 amide bonds. The fourth-order valence-corrected chi connectivity index (χ4v) is 2.67. The lowest BCUT2D eigenvalue weighted by atomic mass is 10.1. The highest BCUT2D eigenvalue weighted by Gasteiger charge is 2.15. The molecule has 3 rings (SSSR count). The van der Waals surface area contributed by atoms with Crippen LogP contribution in [0.3, 0.4) is 0 Å². The Hall–Kier alpha value is -3.06. The van der Waals surface area contributed by atoms with Gasteiger partial charge in [-0.3, -0.25) is 4.79 Å². The predicted octanol–water partition coefficient (Wildman–Crippen LogP) is 4.53. The van der Waals surface area contributed by atoms with E-state index in [1.165, 1.54) is 0 Å². The number of rotatable bonds is 5. The fraction of sp³-hybridized carbons (Fsp3) is 0.167. The zero-order chi connectivity index (χ0) is 18.7. The maximum atomic E-state index is 11.9. The Labute approximate surface area is 154 Å². The fourth-order valence-electron chi connectivity index (χ4n) is 2.42. The standard InChI is InChI=1S/C18H16ClN3O4/c1-10-3-8-13(19)15-16(10)20-18(24)17(15)22-21-14(23)9-26-12-6-4-11(25-2)5-7-12/h3-8,20,24H,9H2,1-2H3. The molecule has 134 valence electrons. The van der Waals surface area contributed by atoms with E-state index in [4.69, 9.17) is 21.1 Å². The lowest BCUT2D eigenvalue weighted by Gasteiger charge is -2.04. The van der Waals surface area contributed by atoms with E-state index in [1.807, 2.05) is 13.0 Å². The van der Waals surface area contributed by atoms with Gasteiger partial charge in [0.05, 0.1) is 23.0 Å². The van der Waals surface area contributed by atoms with Crippen LogP contribution in [0.4, 0.5) is 5.69 Å². The second-order valence-corrected chi connectivity index (χ2v) is 5.90. The molecule has 0 bridgehead atoms. The van der Waals surface area contributed by atoms with Gasteiger partial charge in [0.2, 0.25) is 5.88 Å². The molecule has 0 fully saturated rings. The average molecular weight is 374 g/mol. The Kier molecular flexibility index (Phi) is 5.09. The number of hydrogen-bond acceptors (Lipinski definition) is 5. The number of methoxy groups -OCH3 is 1. The number of azo groups is 1. The second kappa shape index (κ2) is 7.45. The SMILES string of the molecule is COc1ccc(OCC(=O)N=Nc2c(O)[nH]c3c(C)ccc(Cl)c23)cc1. The highest BCUT2D eigenvalue weighted by molar-refractivity contribution is 6.36. The summed E-state index contributed by atoms with van der Waals surface area (Å²) in [5, 5.41) is 18.4. The summed E-state index contributed by atoms with van der Waals surface area (Å²) in [6, 6.07) is 10.3. The normalized spacial score (nSPS) is 11.2. The van der Waals surface area contributed by atoms with E-state index in [2.05, 4.69) is 15.2 Å². The van der Waals surface area contributed by atoms with E-state index in [0.717, 1.165) is 5.56 Å². The van der Waals surface area contributed by atoms with Crippen molar-refractivity contribution >= 4 is 34.1 Å². The molecule has 0 saturated carbocycles. The molecule has 0 spiro atoms.